The Hall–Kier alpha value is -2.93. The number of nitrogens with zero attached hydrogens (tertiary/aromatic N) is 4. The fourth-order valence-electron chi connectivity index (χ4n) is 2.13. The summed E-state index contributed by atoms with van der Waals surface area (Å²) in [6, 6.07) is 20.5. The lowest BCUT2D eigenvalue weighted by molar-refractivity contribution is 0.674. The van der Waals surface area contributed by atoms with Gasteiger partial charge in [-0.2, -0.15) is 5.26 Å². The van der Waals surface area contributed by atoms with Crippen molar-refractivity contribution in [3.8, 4) is 28.5 Å². The van der Waals surface area contributed by atoms with Crippen molar-refractivity contribution in [2.24, 2.45) is 0 Å². The van der Waals surface area contributed by atoms with Gasteiger partial charge in [-0.05, 0) is 11.1 Å². The Kier molecular flexibility index (Phi) is 3.25. The second kappa shape index (κ2) is 5.37. The van der Waals surface area contributed by atoms with Gasteiger partial charge in [0.15, 0.2) is 0 Å². The minimum Gasteiger partial charge on any atom is -0.231 e. The summed E-state index contributed by atoms with van der Waals surface area (Å²) < 4.78 is 1.59. The van der Waals surface area contributed by atoms with Gasteiger partial charge in [-0.1, -0.05) is 59.8 Å². The molecule has 3 aromatic rings. The van der Waals surface area contributed by atoms with Crippen LogP contribution in [0.15, 0.2) is 60.8 Å². The Balaban J connectivity index is 1.94. The molecule has 3 rings (SSSR count). The van der Waals surface area contributed by atoms with E-state index in [1.807, 2.05) is 30.3 Å². The molecule has 1 heterocycles. The highest BCUT2D eigenvalue weighted by atomic mass is 15.4. The summed E-state index contributed by atoms with van der Waals surface area (Å²) in [6.07, 6.45) is 1.68. The third-order valence-corrected chi connectivity index (χ3v) is 3.13. The first-order chi connectivity index (χ1) is 9.88. The molecule has 0 unspecified atom stereocenters. The number of hydrogen-bond donors (Lipinski definition) is 0. The fourth-order valence-corrected chi connectivity index (χ4v) is 2.13. The monoisotopic (exact) mass is 260 g/mol. The van der Waals surface area contributed by atoms with Gasteiger partial charge < -0.3 is 0 Å². The molecule has 0 aliphatic heterocycles. The number of hydrogen-bond acceptors (Lipinski definition) is 3. The summed E-state index contributed by atoms with van der Waals surface area (Å²) in [6.45, 7) is 0.204. The van der Waals surface area contributed by atoms with E-state index < -0.39 is 0 Å². The third-order valence-electron chi connectivity index (χ3n) is 3.13. The Morgan fingerprint density at radius 2 is 1.55 bits per heavy atom. The maximum absolute atomic E-state index is 8.76. The predicted molar refractivity (Wildman–Crippen MR) is 76.5 cm³/mol. The molecular weight excluding hydrogens is 248 g/mol. The van der Waals surface area contributed by atoms with Crippen LogP contribution in [0.3, 0.4) is 0 Å². The maximum atomic E-state index is 8.76. The van der Waals surface area contributed by atoms with E-state index in [0.717, 1.165) is 16.8 Å². The topological polar surface area (TPSA) is 54.5 Å². The fraction of sp³-hybridized carbons (Fsp3) is 0.0625. The second-order valence-electron chi connectivity index (χ2n) is 4.38. The average molecular weight is 260 g/mol. The molecule has 0 spiro atoms. The first kappa shape index (κ1) is 12.1. The minimum atomic E-state index is 0.204. The van der Waals surface area contributed by atoms with Crippen molar-refractivity contribution in [3.63, 3.8) is 0 Å². The zero-order valence-electron chi connectivity index (χ0n) is 10.8. The van der Waals surface area contributed by atoms with E-state index in [2.05, 4.69) is 40.6 Å². The molecule has 96 valence electrons. The van der Waals surface area contributed by atoms with Crippen LogP contribution in [0.2, 0.25) is 0 Å². The average Bonchev–Trinajstić information content (AvgIpc) is 2.97. The first-order valence-electron chi connectivity index (χ1n) is 6.30. The molecule has 0 aliphatic rings. The van der Waals surface area contributed by atoms with E-state index in [-0.39, 0.29) is 6.54 Å². The molecule has 0 N–H and O–H groups in total. The van der Waals surface area contributed by atoms with Gasteiger partial charge in [-0.3, -0.25) is 0 Å². The van der Waals surface area contributed by atoms with E-state index in [1.165, 1.54) is 5.56 Å². The molecule has 20 heavy (non-hydrogen) atoms. The number of nitriles is 1. The lowest BCUT2D eigenvalue weighted by Gasteiger charge is -2.05. The van der Waals surface area contributed by atoms with Crippen molar-refractivity contribution in [2.45, 2.75) is 6.54 Å². The Bertz CT molecular complexity index is 736. The van der Waals surface area contributed by atoms with Crippen molar-refractivity contribution in [3.05, 3.63) is 60.8 Å². The largest absolute Gasteiger partial charge is 0.231 e. The molecule has 0 saturated carbocycles. The molecule has 1 aromatic heterocycles. The van der Waals surface area contributed by atoms with Gasteiger partial charge >= 0.3 is 0 Å². The van der Waals surface area contributed by atoms with Gasteiger partial charge in [0.25, 0.3) is 0 Å². The van der Waals surface area contributed by atoms with Crippen LogP contribution >= 0.6 is 0 Å². The van der Waals surface area contributed by atoms with Crippen molar-refractivity contribution in [2.75, 3.05) is 0 Å². The third kappa shape index (κ3) is 2.29. The minimum absolute atomic E-state index is 0.204. The second-order valence-corrected chi connectivity index (χ2v) is 4.38. The lowest BCUT2D eigenvalue weighted by atomic mass is 10.0. The molecule has 0 atom stereocenters. The SMILES string of the molecule is N#CCn1nncc1-c1ccc(-c2ccccc2)cc1. The number of rotatable bonds is 3. The normalized spacial score (nSPS) is 10.2. The first-order valence-corrected chi connectivity index (χ1v) is 6.30. The van der Waals surface area contributed by atoms with Crippen molar-refractivity contribution < 1.29 is 0 Å². The van der Waals surface area contributed by atoms with Crippen LogP contribution in [0, 0.1) is 11.3 Å². The van der Waals surface area contributed by atoms with E-state index in [1.54, 1.807) is 10.9 Å². The van der Waals surface area contributed by atoms with Gasteiger partial charge in [0.2, 0.25) is 0 Å². The van der Waals surface area contributed by atoms with Gasteiger partial charge in [0.05, 0.1) is 18.0 Å². The summed E-state index contributed by atoms with van der Waals surface area (Å²) in [5, 5.41) is 16.5. The van der Waals surface area contributed by atoms with Crippen LogP contribution in [-0.4, -0.2) is 15.0 Å². The zero-order valence-corrected chi connectivity index (χ0v) is 10.8. The summed E-state index contributed by atoms with van der Waals surface area (Å²) in [4.78, 5) is 0. The molecule has 0 amide bonds. The maximum Gasteiger partial charge on any atom is 0.130 e. The van der Waals surface area contributed by atoms with E-state index in [9.17, 15) is 0 Å². The molecule has 4 nitrogen and oxygen atoms in total. The molecule has 0 bridgehead atoms. The highest BCUT2D eigenvalue weighted by Gasteiger charge is 2.06. The molecule has 0 saturated heterocycles. The molecule has 0 fully saturated rings. The van der Waals surface area contributed by atoms with Crippen LogP contribution in [0.25, 0.3) is 22.4 Å². The summed E-state index contributed by atoms with van der Waals surface area (Å²) in [5.41, 5.74) is 4.20. The Morgan fingerprint density at radius 3 is 2.25 bits per heavy atom. The van der Waals surface area contributed by atoms with Crippen LogP contribution in [0.5, 0.6) is 0 Å². The van der Waals surface area contributed by atoms with Crippen molar-refractivity contribution in [1.82, 2.24) is 15.0 Å². The molecular formula is C16H12N4. The lowest BCUT2D eigenvalue weighted by Crippen LogP contribution is -2.00. The van der Waals surface area contributed by atoms with Crippen molar-refractivity contribution in [1.29, 1.82) is 5.26 Å². The van der Waals surface area contributed by atoms with E-state index >= 15 is 0 Å². The summed E-state index contributed by atoms with van der Waals surface area (Å²) in [7, 11) is 0. The van der Waals surface area contributed by atoms with Crippen LogP contribution in [0.4, 0.5) is 0 Å². The van der Waals surface area contributed by atoms with Crippen molar-refractivity contribution >= 4 is 0 Å². The Morgan fingerprint density at radius 1 is 0.900 bits per heavy atom. The summed E-state index contributed by atoms with van der Waals surface area (Å²) in [5.74, 6) is 0. The molecule has 0 radical (unpaired) electrons. The van der Waals surface area contributed by atoms with Gasteiger partial charge in [-0.15, -0.1) is 5.10 Å². The van der Waals surface area contributed by atoms with Crippen LogP contribution < -0.4 is 0 Å². The standard InChI is InChI=1S/C16H12N4/c17-10-11-20-16(12-18-19-20)15-8-6-14(7-9-15)13-4-2-1-3-5-13/h1-9,12H,11H2. The Labute approximate surface area is 116 Å². The molecule has 2 aromatic carbocycles. The van der Waals surface area contributed by atoms with Crippen LogP contribution in [0.1, 0.15) is 0 Å². The quantitative estimate of drug-likeness (QED) is 0.727. The van der Waals surface area contributed by atoms with Crippen LogP contribution in [-0.2, 0) is 6.54 Å². The highest BCUT2D eigenvalue weighted by Crippen LogP contribution is 2.24. The summed E-state index contributed by atoms with van der Waals surface area (Å²) >= 11 is 0. The molecule has 0 aliphatic carbocycles. The van der Waals surface area contributed by atoms with Gasteiger partial charge in [-0.25, -0.2) is 4.68 Å². The zero-order chi connectivity index (χ0) is 13.8. The molecule has 4 heteroatoms. The number of benzene rings is 2. The van der Waals surface area contributed by atoms with E-state index in [4.69, 9.17) is 5.26 Å². The predicted octanol–water partition coefficient (Wildman–Crippen LogP) is 3.14. The van der Waals surface area contributed by atoms with Gasteiger partial charge in [0, 0.05) is 5.56 Å². The van der Waals surface area contributed by atoms with Gasteiger partial charge in [0.1, 0.15) is 6.54 Å². The van der Waals surface area contributed by atoms with E-state index in [0.29, 0.717) is 0 Å². The highest BCUT2D eigenvalue weighted by molar-refractivity contribution is 5.68. The smallest absolute Gasteiger partial charge is 0.130 e. The number of aromatic nitrogens is 3.